The van der Waals surface area contributed by atoms with Crippen LogP contribution in [0.25, 0.3) is 0 Å². The van der Waals surface area contributed by atoms with Crippen molar-refractivity contribution in [1.29, 1.82) is 0 Å². The number of aromatic nitrogens is 1. The van der Waals surface area contributed by atoms with Gasteiger partial charge in [-0.3, -0.25) is 4.79 Å². The molecule has 1 aromatic carbocycles. The highest BCUT2D eigenvalue weighted by atomic mass is 16.5. The van der Waals surface area contributed by atoms with Gasteiger partial charge in [-0.15, -0.1) is 0 Å². The van der Waals surface area contributed by atoms with Crippen LogP contribution in [0.4, 0.5) is 5.82 Å². The summed E-state index contributed by atoms with van der Waals surface area (Å²) in [7, 11) is 1.62. The van der Waals surface area contributed by atoms with Gasteiger partial charge in [0, 0.05) is 31.4 Å². The zero-order valence-corrected chi connectivity index (χ0v) is 15.6. The first-order valence-electron chi connectivity index (χ1n) is 9.30. The number of nitrogens with one attached hydrogen (secondary N) is 1. The minimum Gasteiger partial charge on any atom is -0.497 e. The molecule has 1 fully saturated rings. The van der Waals surface area contributed by atoms with Gasteiger partial charge in [0.25, 0.3) is 5.91 Å². The normalized spacial score (nSPS) is 14.6. The van der Waals surface area contributed by atoms with E-state index in [2.05, 4.69) is 21.3 Å². The largest absolute Gasteiger partial charge is 0.497 e. The molecule has 0 spiro atoms. The maximum atomic E-state index is 12.4. The van der Waals surface area contributed by atoms with Crippen LogP contribution in [0.1, 0.15) is 47.2 Å². The number of anilines is 1. The summed E-state index contributed by atoms with van der Waals surface area (Å²) in [5.74, 6) is 1.71. The Balaban J connectivity index is 1.58. The van der Waals surface area contributed by atoms with E-state index in [0.29, 0.717) is 12.1 Å². The number of pyridine rings is 1. The fourth-order valence-electron chi connectivity index (χ4n) is 3.30. The summed E-state index contributed by atoms with van der Waals surface area (Å²) in [5.41, 5.74) is 2.57. The smallest absolute Gasteiger partial charge is 0.251 e. The number of hydrogen-bond acceptors (Lipinski definition) is 4. The molecule has 138 valence electrons. The molecule has 2 heterocycles. The molecule has 0 atom stereocenters. The second-order valence-electron chi connectivity index (χ2n) is 6.79. The molecular formula is C21H27N3O2. The third-order valence-corrected chi connectivity index (χ3v) is 4.87. The van der Waals surface area contributed by atoms with Crippen molar-refractivity contribution in [3.8, 4) is 5.75 Å². The molecule has 3 rings (SSSR count). The zero-order chi connectivity index (χ0) is 18.4. The molecule has 1 N–H and O–H groups in total. The van der Waals surface area contributed by atoms with Crippen molar-refractivity contribution in [2.45, 2.75) is 39.2 Å². The monoisotopic (exact) mass is 353 g/mol. The van der Waals surface area contributed by atoms with Crippen LogP contribution in [-0.4, -0.2) is 31.1 Å². The molecule has 0 saturated carbocycles. The van der Waals surface area contributed by atoms with E-state index >= 15 is 0 Å². The average molecular weight is 353 g/mol. The summed E-state index contributed by atoms with van der Waals surface area (Å²) < 4.78 is 5.18. The quantitative estimate of drug-likeness (QED) is 0.890. The molecule has 1 aliphatic rings. The van der Waals surface area contributed by atoms with Gasteiger partial charge in [-0.05, 0) is 55.2 Å². The lowest BCUT2D eigenvalue weighted by molar-refractivity contribution is 0.0950. The first-order chi connectivity index (χ1) is 12.7. The van der Waals surface area contributed by atoms with Gasteiger partial charge in [0.1, 0.15) is 11.6 Å². The Morgan fingerprint density at radius 3 is 2.54 bits per heavy atom. The van der Waals surface area contributed by atoms with Crippen LogP contribution < -0.4 is 15.0 Å². The molecule has 26 heavy (non-hydrogen) atoms. The minimum atomic E-state index is -0.0817. The SMILES string of the molecule is COc1ccc(C(=O)NCc2ccc(N3CCCCCC3)nc2)c(C)c1. The Kier molecular flexibility index (Phi) is 6.10. The van der Waals surface area contributed by atoms with E-state index in [-0.39, 0.29) is 5.91 Å². The number of nitrogens with zero attached hydrogens (tertiary/aromatic N) is 2. The number of benzene rings is 1. The maximum absolute atomic E-state index is 12.4. The van der Waals surface area contributed by atoms with Crippen LogP contribution in [0.15, 0.2) is 36.5 Å². The summed E-state index contributed by atoms with van der Waals surface area (Å²) in [6.07, 6.45) is 6.96. The zero-order valence-electron chi connectivity index (χ0n) is 15.6. The summed E-state index contributed by atoms with van der Waals surface area (Å²) in [5, 5.41) is 2.97. The molecule has 0 radical (unpaired) electrons. The van der Waals surface area contributed by atoms with Crippen molar-refractivity contribution < 1.29 is 9.53 Å². The van der Waals surface area contributed by atoms with E-state index in [0.717, 1.165) is 35.8 Å². The van der Waals surface area contributed by atoms with Crippen LogP contribution in [0, 0.1) is 6.92 Å². The molecule has 0 unspecified atom stereocenters. The van der Waals surface area contributed by atoms with Crippen LogP contribution in [0.2, 0.25) is 0 Å². The number of rotatable bonds is 5. The van der Waals surface area contributed by atoms with E-state index in [1.165, 1.54) is 25.7 Å². The van der Waals surface area contributed by atoms with Gasteiger partial charge in [-0.25, -0.2) is 4.98 Å². The summed E-state index contributed by atoms with van der Waals surface area (Å²) >= 11 is 0. The molecule has 1 saturated heterocycles. The molecular weight excluding hydrogens is 326 g/mol. The van der Waals surface area contributed by atoms with Crippen LogP contribution in [0.5, 0.6) is 5.75 Å². The van der Waals surface area contributed by atoms with E-state index < -0.39 is 0 Å². The third kappa shape index (κ3) is 4.54. The first kappa shape index (κ1) is 18.2. The number of carbonyl (C=O) groups is 1. The molecule has 5 nitrogen and oxygen atoms in total. The van der Waals surface area contributed by atoms with E-state index in [1.807, 2.05) is 25.3 Å². The predicted molar refractivity (Wildman–Crippen MR) is 104 cm³/mol. The number of aryl methyl sites for hydroxylation is 1. The Bertz CT molecular complexity index is 735. The van der Waals surface area contributed by atoms with Gasteiger partial charge < -0.3 is 15.0 Å². The highest BCUT2D eigenvalue weighted by Crippen LogP contribution is 2.18. The fourth-order valence-corrected chi connectivity index (χ4v) is 3.30. The molecule has 1 aromatic heterocycles. The highest BCUT2D eigenvalue weighted by molar-refractivity contribution is 5.95. The van der Waals surface area contributed by atoms with Crippen LogP contribution >= 0.6 is 0 Å². The van der Waals surface area contributed by atoms with Crippen molar-refractivity contribution >= 4 is 11.7 Å². The summed E-state index contributed by atoms with van der Waals surface area (Å²) in [4.78, 5) is 19.4. The van der Waals surface area contributed by atoms with Crippen molar-refractivity contribution in [2.75, 3.05) is 25.1 Å². The fraction of sp³-hybridized carbons (Fsp3) is 0.429. The van der Waals surface area contributed by atoms with Gasteiger partial charge in [0.15, 0.2) is 0 Å². The van der Waals surface area contributed by atoms with Gasteiger partial charge in [-0.1, -0.05) is 18.9 Å². The number of hydrogen-bond donors (Lipinski definition) is 1. The maximum Gasteiger partial charge on any atom is 0.251 e. The van der Waals surface area contributed by atoms with Crippen molar-refractivity contribution in [3.63, 3.8) is 0 Å². The number of methoxy groups -OCH3 is 1. The average Bonchev–Trinajstić information content (AvgIpc) is 2.96. The second kappa shape index (κ2) is 8.70. The molecule has 1 aliphatic heterocycles. The van der Waals surface area contributed by atoms with E-state index in [9.17, 15) is 4.79 Å². The number of amides is 1. The topological polar surface area (TPSA) is 54.5 Å². The van der Waals surface area contributed by atoms with Crippen molar-refractivity contribution in [2.24, 2.45) is 0 Å². The van der Waals surface area contributed by atoms with Crippen molar-refractivity contribution in [3.05, 3.63) is 53.2 Å². The first-order valence-corrected chi connectivity index (χ1v) is 9.30. The molecule has 0 aliphatic carbocycles. The lowest BCUT2D eigenvalue weighted by Crippen LogP contribution is -2.25. The Hall–Kier alpha value is -2.56. The second-order valence-corrected chi connectivity index (χ2v) is 6.79. The Morgan fingerprint density at radius 1 is 1.15 bits per heavy atom. The Labute approximate surface area is 155 Å². The Morgan fingerprint density at radius 2 is 1.92 bits per heavy atom. The third-order valence-electron chi connectivity index (χ3n) is 4.87. The minimum absolute atomic E-state index is 0.0817. The molecule has 0 bridgehead atoms. The molecule has 2 aromatic rings. The lowest BCUT2D eigenvalue weighted by Gasteiger charge is -2.21. The number of ether oxygens (including phenoxy) is 1. The standard InChI is InChI=1S/C21H27N3O2/c1-16-13-18(26-2)8-9-19(16)21(25)23-15-17-7-10-20(22-14-17)24-11-5-3-4-6-12-24/h7-10,13-14H,3-6,11-12,15H2,1-2H3,(H,23,25). The predicted octanol–water partition coefficient (Wildman–Crippen LogP) is 3.71. The summed E-state index contributed by atoms with van der Waals surface area (Å²) in [6.45, 7) is 4.55. The van der Waals surface area contributed by atoms with Crippen LogP contribution in [0.3, 0.4) is 0 Å². The summed E-state index contributed by atoms with van der Waals surface area (Å²) in [6, 6.07) is 9.58. The van der Waals surface area contributed by atoms with Gasteiger partial charge in [-0.2, -0.15) is 0 Å². The van der Waals surface area contributed by atoms with E-state index in [1.54, 1.807) is 19.2 Å². The van der Waals surface area contributed by atoms with Gasteiger partial charge in [0.05, 0.1) is 7.11 Å². The molecule has 1 amide bonds. The van der Waals surface area contributed by atoms with Crippen molar-refractivity contribution in [1.82, 2.24) is 10.3 Å². The molecule has 5 heteroatoms. The lowest BCUT2D eigenvalue weighted by atomic mass is 10.1. The number of carbonyl (C=O) groups excluding carboxylic acids is 1. The van der Waals surface area contributed by atoms with E-state index in [4.69, 9.17) is 4.74 Å². The highest BCUT2D eigenvalue weighted by Gasteiger charge is 2.12. The van der Waals surface area contributed by atoms with Gasteiger partial charge >= 0.3 is 0 Å². The van der Waals surface area contributed by atoms with Gasteiger partial charge in [0.2, 0.25) is 0 Å². The van der Waals surface area contributed by atoms with Crippen LogP contribution in [-0.2, 0) is 6.54 Å².